The van der Waals surface area contributed by atoms with E-state index in [4.69, 9.17) is 10.8 Å². The lowest BCUT2D eigenvalue weighted by atomic mass is 10.0. The molecule has 9 heteroatoms. The molecule has 19 heavy (non-hydrogen) atoms. The van der Waals surface area contributed by atoms with Crippen molar-refractivity contribution in [3.63, 3.8) is 0 Å². The molecule has 3 nitrogen and oxygen atoms in total. The van der Waals surface area contributed by atoms with Crippen molar-refractivity contribution >= 4 is 12.4 Å². The van der Waals surface area contributed by atoms with Crippen LogP contribution in [0.5, 0.6) is 5.75 Å². The average molecular weight is 308 g/mol. The summed E-state index contributed by atoms with van der Waals surface area (Å²) in [6.45, 7) is -1.45. The molecular formula is C10H11ClF5NO2. The zero-order valence-electron chi connectivity index (χ0n) is 9.32. The molecule has 1 aromatic carbocycles. The summed E-state index contributed by atoms with van der Waals surface area (Å²) in [7, 11) is 0. The minimum atomic E-state index is -4.85. The predicted octanol–water partition coefficient (Wildman–Crippen LogP) is 2.63. The quantitative estimate of drug-likeness (QED) is 0.841. The summed E-state index contributed by atoms with van der Waals surface area (Å²) in [6, 6.07) is 1.90. The Hall–Kier alpha value is -1.12. The molecular weight excluding hydrogens is 297 g/mol. The number of benzene rings is 1. The molecule has 0 aliphatic carbocycles. The standard InChI is InChI=1S/C10H10F5NO2.ClH/c11-9(12,5-17)8(16)6-1-3-7(4-2-6)18-10(13,14)15;/h1-4,8,17H,5,16H2;1H/t8-;/m0./s1. The molecule has 1 atom stereocenters. The van der Waals surface area contributed by atoms with Crippen LogP contribution in [-0.4, -0.2) is 24.0 Å². The summed E-state index contributed by atoms with van der Waals surface area (Å²) in [4.78, 5) is 0. The predicted molar refractivity (Wildman–Crippen MR) is 59.3 cm³/mol. The third kappa shape index (κ3) is 5.17. The number of aliphatic hydroxyl groups excluding tert-OH is 1. The Bertz CT molecular complexity index is 396. The van der Waals surface area contributed by atoms with Crippen LogP contribution in [0.25, 0.3) is 0 Å². The molecule has 0 aliphatic rings. The molecule has 1 rings (SSSR count). The first kappa shape index (κ1) is 17.9. The summed E-state index contributed by atoms with van der Waals surface area (Å²) in [5.41, 5.74) is 5.08. The lowest BCUT2D eigenvalue weighted by molar-refractivity contribution is -0.274. The third-order valence-corrected chi connectivity index (χ3v) is 2.14. The fourth-order valence-electron chi connectivity index (χ4n) is 1.22. The molecule has 0 saturated heterocycles. The van der Waals surface area contributed by atoms with E-state index in [9.17, 15) is 22.0 Å². The Morgan fingerprint density at radius 3 is 1.95 bits per heavy atom. The molecule has 0 fully saturated rings. The van der Waals surface area contributed by atoms with Gasteiger partial charge in [-0.2, -0.15) is 0 Å². The Labute approximate surface area is 111 Å². The number of aliphatic hydroxyl groups is 1. The second-order valence-electron chi connectivity index (χ2n) is 3.51. The van der Waals surface area contributed by atoms with E-state index < -0.39 is 30.7 Å². The minimum Gasteiger partial charge on any atom is -0.406 e. The van der Waals surface area contributed by atoms with Gasteiger partial charge in [0.05, 0.1) is 6.04 Å². The van der Waals surface area contributed by atoms with Crippen molar-refractivity contribution in [2.75, 3.05) is 6.61 Å². The molecule has 3 N–H and O–H groups in total. The van der Waals surface area contributed by atoms with Gasteiger partial charge < -0.3 is 15.6 Å². The summed E-state index contributed by atoms with van der Waals surface area (Å²) in [6.07, 6.45) is -4.85. The first-order chi connectivity index (χ1) is 8.15. The second kappa shape index (κ2) is 6.36. The van der Waals surface area contributed by atoms with Crippen molar-refractivity contribution < 1.29 is 31.8 Å². The number of nitrogens with two attached hydrogens (primary N) is 1. The largest absolute Gasteiger partial charge is 0.573 e. The average Bonchev–Trinajstić information content (AvgIpc) is 2.27. The molecule has 0 saturated carbocycles. The molecule has 110 valence electrons. The highest BCUT2D eigenvalue weighted by Crippen LogP contribution is 2.30. The molecule has 0 unspecified atom stereocenters. The van der Waals surface area contributed by atoms with Gasteiger partial charge in [0, 0.05) is 0 Å². The van der Waals surface area contributed by atoms with Crippen LogP contribution in [0, 0.1) is 0 Å². The lowest BCUT2D eigenvalue weighted by Gasteiger charge is -2.21. The van der Waals surface area contributed by atoms with Gasteiger partial charge in [0.1, 0.15) is 12.4 Å². The molecule has 0 aromatic heterocycles. The normalized spacial score (nSPS) is 13.6. The molecule has 0 heterocycles. The zero-order valence-corrected chi connectivity index (χ0v) is 10.1. The van der Waals surface area contributed by atoms with Crippen molar-refractivity contribution in [3.05, 3.63) is 29.8 Å². The topological polar surface area (TPSA) is 55.5 Å². The SMILES string of the molecule is Cl.N[C@@H](c1ccc(OC(F)(F)F)cc1)C(F)(F)CO. The smallest absolute Gasteiger partial charge is 0.406 e. The van der Waals surface area contributed by atoms with Crippen molar-refractivity contribution in [3.8, 4) is 5.75 Å². The maximum Gasteiger partial charge on any atom is 0.573 e. The summed E-state index contributed by atoms with van der Waals surface area (Å²) >= 11 is 0. The van der Waals surface area contributed by atoms with Gasteiger partial charge >= 0.3 is 6.36 Å². The fourth-order valence-corrected chi connectivity index (χ4v) is 1.22. The maximum absolute atomic E-state index is 13.0. The molecule has 0 aliphatic heterocycles. The van der Waals surface area contributed by atoms with Crippen LogP contribution in [0.3, 0.4) is 0 Å². The van der Waals surface area contributed by atoms with Gasteiger partial charge in [-0.05, 0) is 17.7 Å². The molecule has 0 amide bonds. The van der Waals surface area contributed by atoms with E-state index in [0.717, 1.165) is 24.3 Å². The summed E-state index contributed by atoms with van der Waals surface area (Å²) < 4.78 is 65.1. The highest BCUT2D eigenvalue weighted by Gasteiger charge is 2.37. The van der Waals surface area contributed by atoms with Crippen LogP contribution >= 0.6 is 12.4 Å². The Balaban J connectivity index is 0.00000324. The van der Waals surface area contributed by atoms with E-state index in [2.05, 4.69) is 4.74 Å². The Morgan fingerprint density at radius 1 is 1.11 bits per heavy atom. The second-order valence-corrected chi connectivity index (χ2v) is 3.51. The van der Waals surface area contributed by atoms with Gasteiger partial charge in [0.25, 0.3) is 5.92 Å². The minimum absolute atomic E-state index is 0. The van der Waals surface area contributed by atoms with Crippen LogP contribution in [0.1, 0.15) is 11.6 Å². The van der Waals surface area contributed by atoms with Crippen LogP contribution in [0.2, 0.25) is 0 Å². The van der Waals surface area contributed by atoms with Crippen LogP contribution < -0.4 is 10.5 Å². The number of rotatable bonds is 4. The van der Waals surface area contributed by atoms with Gasteiger partial charge in [0.15, 0.2) is 0 Å². The summed E-state index contributed by atoms with van der Waals surface area (Å²) in [5.74, 6) is -4.09. The van der Waals surface area contributed by atoms with Crippen LogP contribution in [-0.2, 0) is 0 Å². The van der Waals surface area contributed by atoms with E-state index in [-0.39, 0.29) is 18.0 Å². The highest BCUT2D eigenvalue weighted by molar-refractivity contribution is 5.85. The van der Waals surface area contributed by atoms with Crippen LogP contribution in [0.4, 0.5) is 22.0 Å². The summed E-state index contributed by atoms with van der Waals surface area (Å²) in [5, 5.41) is 8.43. The van der Waals surface area contributed by atoms with Crippen molar-refractivity contribution in [2.45, 2.75) is 18.3 Å². The third-order valence-electron chi connectivity index (χ3n) is 2.14. The number of halogens is 6. The molecule has 1 aromatic rings. The highest BCUT2D eigenvalue weighted by atomic mass is 35.5. The fraction of sp³-hybridized carbons (Fsp3) is 0.400. The first-order valence-corrected chi connectivity index (χ1v) is 4.75. The first-order valence-electron chi connectivity index (χ1n) is 4.75. The van der Waals surface area contributed by atoms with E-state index >= 15 is 0 Å². The van der Waals surface area contributed by atoms with Gasteiger partial charge in [-0.1, -0.05) is 12.1 Å². The van der Waals surface area contributed by atoms with Gasteiger partial charge in [-0.25, -0.2) is 8.78 Å². The molecule has 0 radical (unpaired) electrons. The number of hydrogen-bond acceptors (Lipinski definition) is 3. The maximum atomic E-state index is 13.0. The van der Waals surface area contributed by atoms with Crippen molar-refractivity contribution in [1.29, 1.82) is 0 Å². The van der Waals surface area contributed by atoms with Crippen LogP contribution in [0.15, 0.2) is 24.3 Å². The van der Waals surface area contributed by atoms with E-state index in [1.54, 1.807) is 0 Å². The number of ether oxygens (including phenoxy) is 1. The van der Waals surface area contributed by atoms with Gasteiger partial charge in [0.2, 0.25) is 0 Å². The molecule has 0 spiro atoms. The lowest BCUT2D eigenvalue weighted by Crippen LogP contribution is -2.36. The van der Waals surface area contributed by atoms with E-state index in [1.807, 2.05) is 0 Å². The zero-order chi connectivity index (χ0) is 14.0. The Morgan fingerprint density at radius 2 is 1.58 bits per heavy atom. The van der Waals surface area contributed by atoms with Gasteiger partial charge in [-0.15, -0.1) is 25.6 Å². The van der Waals surface area contributed by atoms with Crippen molar-refractivity contribution in [1.82, 2.24) is 0 Å². The van der Waals surface area contributed by atoms with Gasteiger partial charge in [-0.3, -0.25) is 0 Å². The Kier molecular flexibility index (Phi) is 5.98. The van der Waals surface area contributed by atoms with E-state index in [0.29, 0.717) is 0 Å². The number of hydrogen-bond donors (Lipinski definition) is 2. The van der Waals surface area contributed by atoms with E-state index in [1.165, 1.54) is 0 Å². The number of alkyl halides is 5. The molecule has 0 bridgehead atoms. The monoisotopic (exact) mass is 307 g/mol. The van der Waals surface area contributed by atoms with Crippen molar-refractivity contribution in [2.24, 2.45) is 5.73 Å².